The fraction of sp³-hybridized carbons (Fsp3) is 0.917. The molecule has 2 aliphatic rings. The Kier molecular flexibility index (Phi) is 4.76. The number of hydrogen-bond donors (Lipinski definition) is 2. The fourth-order valence-electron chi connectivity index (χ4n) is 2.39. The zero-order valence-electron chi connectivity index (χ0n) is 10.6. The molecule has 1 atom stereocenters. The Balaban J connectivity index is 1.69. The van der Waals surface area contributed by atoms with E-state index in [1.54, 1.807) is 0 Å². The standard InChI is InChI=1S/C12H23N3O2/c1-15-5-4-13-11(9-15)12(16)14-8-10-2-6-17-7-3-10/h10-11,13H,2-9H2,1H3,(H,14,16). The maximum atomic E-state index is 12.0. The van der Waals surface area contributed by atoms with Gasteiger partial charge in [0.25, 0.3) is 0 Å². The molecule has 0 saturated carbocycles. The summed E-state index contributed by atoms with van der Waals surface area (Å²) in [6, 6.07) is -0.0476. The topological polar surface area (TPSA) is 53.6 Å². The minimum atomic E-state index is -0.0476. The minimum Gasteiger partial charge on any atom is -0.381 e. The molecule has 2 N–H and O–H groups in total. The molecule has 0 aromatic heterocycles. The summed E-state index contributed by atoms with van der Waals surface area (Å²) in [5.41, 5.74) is 0. The summed E-state index contributed by atoms with van der Waals surface area (Å²) >= 11 is 0. The van der Waals surface area contributed by atoms with Crippen LogP contribution in [-0.2, 0) is 9.53 Å². The summed E-state index contributed by atoms with van der Waals surface area (Å²) in [6.45, 7) is 5.19. The molecular weight excluding hydrogens is 218 g/mol. The van der Waals surface area contributed by atoms with Crippen molar-refractivity contribution in [1.82, 2.24) is 15.5 Å². The SMILES string of the molecule is CN1CCNC(C(=O)NCC2CCOCC2)C1. The molecule has 0 aliphatic carbocycles. The summed E-state index contributed by atoms with van der Waals surface area (Å²) in [5, 5.41) is 6.32. The molecule has 0 radical (unpaired) electrons. The third-order valence-electron chi connectivity index (χ3n) is 3.60. The molecule has 1 unspecified atom stereocenters. The summed E-state index contributed by atoms with van der Waals surface area (Å²) in [6.07, 6.45) is 2.14. The number of carbonyl (C=O) groups is 1. The molecule has 0 aromatic rings. The second-order valence-electron chi connectivity index (χ2n) is 5.07. The van der Waals surface area contributed by atoms with Crippen LogP contribution in [0.15, 0.2) is 0 Å². The normalized spacial score (nSPS) is 27.9. The summed E-state index contributed by atoms with van der Waals surface area (Å²) in [5.74, 6) is 0.733. The molecule has 5 nitrogen and oxygen atoms in total. The lowest BCUT2D eigenvalue weighted by atomic mass is 10.0. The molecule has 2 fully saturated rings. The van der Waals surface area contributed by atoms with Crippen LogP contribution in [0, 0.1) is 5.92 Å². The highest BCUT2D eigenvalue weighted by Gasteiger charge is 2.24. The van der Waals surface area contributed by atoms with E-state index in [0.717, 1.165) is 52.2 Å². The Labute approximate surface area is 103 Å². The molecule has 5 heteroatoms. The Hall–Kier alpha value is -0.650. The Morgan fingerprint density at radius 1 is 1.47 bits per heavy atom. The second-order valence-corrected chi connectivity index (χ2v) is 5.07. The van der Waals surface area contributed by atoms with E-state index >= 15 is 0 Å². The molecule has 2 saturated heterocycles. The van der Waals surface area contributed by atoms with Crippen molar-refractivity contribution in [3.63, 3.8) is 0 Å². The van der Waals surface area contributed by atoms with Crippen molar-refractivity contribution in [2.45, 2.75) is 18.9 Å². The van der Waals surface area contributed by atoms with E-state index in [0.29, 0.717) is 5.92 Å². The van der Waals surface area contributed by atoms with Crippen LogP contribution in [0.5, 0.6) is 0 Å². The minimum absolute atomic E-state index is 0.0476. The molecule has 98 valence electrons. The van der Waals surface area contributed by atoms with Crippen LogP contribution >= 0.6 is 0 Å². The first-order valence-electron chi connectivity index (χ1n) is 6.53. The summed E-state index contributed by atoms with van der Waals surface area (Å²) < 4.78 is 5.31. The summed E-state index contributed by atoms with van der Waals surface area (Å²) in [7, 11) is 2.06. The van der Waals surface area contributed by atoms with Gasteiger partial charge in [0.05, 0.1) is 6.04 Å². The van der Waals surface area contributed by atoms with Crippen LogP contribution in [0.3, 0.4) is 0 Å². The summed E-state index contributed by atoms with van der Waals surface area (Å²) in [4.78, 5) is 14.1. The van der Waals surface area contributed by atoms with E-state index in [9.17, 15) is 4.79 Å². The van der Waals surface area contributed by atoms with E-state index in [1.165, 1.54) is 0 Å². The van der Waals surface area contributed by atoms with Crippen LogP contribution < -0.4 is 10.6 Å². The first-order valence-corrected chi connectivity index (χ1v) is 6.53. The number of rotatable bonds is 3. The number of ether oxygens (including phenoxy) is 1. The van der Waals surface area contributed by atoms with Crippen LogP contribution in [0.2, 0.25) is 0 Å². The van der Waals surface area contributed by atoms with E-state index in [4.69, 9.17) is 4.74 Å². The van der Waals surface area contributed by atoms with Crippen molar-refractivity contribution in [3.05, 3.63) is 0 Å². The Bertz CT molecular complexity index is 254. The largest absolute Gasteiger partial charge is 0.381 e. The van der Waals surface area contributed by atoms with Crippen molar-refractivity contribution >= 4 is 5.91 Å². The van der Waals surface area contributed by atoms with Gasteiger partial charge in [-0.15, -0.1) is 0 Å². The average molecular weight is 241 g/mol. The number of nitrogens with one attached hydrogen (secondary N) is 2. The van der Waals surface area contributed by atoms with E-state index in [-0.39, 0.29) is 11.9 Å². The number of nitrogens with zero attached hydrogens (tertiary/aromatic N) is 1. The predicted octanol–water partition coefficient (Wildman–Crippen LogP) is -0.567. The zero-order valence-corrected chi connectivity index (χ0v) is 10.6. The highest BCUT2D eigenvalue weighted by molar-refractivity contribution is 5.82. The van der Waals surface area contributed by atoms with Crippen LogP contribution in [0.4, 0.5) is 0 Å². The molecule has 0 spiro atoms. The molecule has 2 rings (SSSR count). The maximum Gasteiger partial charge on any atom is 0.238 e. The van der Waals surface area contributed by atoms with Gasteiger partial charge < -0.3 is 20.3 Å². The smallest absolute Gasteiger partial charge is 0.238 e. The van der Waals surface area contributed by atoms with Gasteiger partial charge in [0.1, 0.15) is 0 Å². The van der Waals surface area contributed by atoms with Crippen molar-refractivity contribution in [2.75, 3.05) is 46.4 Å². The molecule has 2 aliphatic heterocycles. The van der Waals surface area contributed by atoms with Crippen molar-refractivity contribution in [1.29, 1.82) is 0 Å². The number of piperazine rings is 1. The third-order valence-corrected chi connectivity index (χ3v) is 3.60. The maximum absolute atomic E-state index is 12.0. The van der Waals surface area contributed by atoms with Gasteiger partial charge in [-0.3, -0.25) is 4.79 Å². The number of hydrogen-bond acceptors (Lipinski definition) is 4. The van der Waals surface area contributed by atoms with Crippen LogP contribution in [0.25, 0.3) is 0 Å². The fourth-order valence-corrected chi connectivity index (χ4v) is 2.39. The lowest BCUT2D eigenvalue weighted by molar-refractivity contribution is -0.124. The van der Waals surface area contributed by atoms with Crippen LogP contribution in [0.1, 0.15) is 12.8 Å². The van der Waals surface area contributed by atoms with Gasteiger partial charge in [-0.2, -0.15) is 0 Å². The highest BCUT2D eigenvalue weighted by Crippen LogP contribution is 2.13. The number of carbonyl (C=O) groups excluding carboxylic acids is 1. The highest BCUT2D eigenvalue weighted by atomic mass is 16.5. The molecule has 17 heavy (non-hydrogen) atoms. The van der Waals surface area contributed by atoms with E-state index in [2.05, 4.69) is 22.6 Å². The lowest BCUT2D eigenvalue weighted by Crippen LogP contribution is -2.56. The van der Waals surface area contributed by atoms with Crippen LogP contribution in [-0.4, -0.2) is 63.3 Å². The Morgan fingerprint density at radius 2 is 2.24 bits per heavy atom. The van der Waals surface area contributed by atoms with E-state index < -0.39 is 0 Å². The van der Waals surface area contributed by atoms with Gasteiger partial charge in [0, 0.05) is 39.4 Å². The Morgan fingerprint density at radius 3 is 2.94 bits per heavy atom. The molecule has 0 aromatic carbocycles. The van der Waals surface area contributed by atoms with Gasteiger partial charge in [0.2, 0.25) is 5.91 Å². The zero-order chi connectivity index (χ0) is 12.1. The van der Waals surface area contributed by atoms with E-state index in [1.807, 2.05) is 0 Å². The number of likely N-dealkylation sites (N-methyl/N-ethyl adjacent to an activating group) is 1. The lowest BCUT2D eigenvalue weighted by Gasteiger charge is -2.30. The molecule has 0 bridgehead atoms. The van der Waals surface area contributed by atoms with Crippen molar-refractivity contribution in [2.24, 2.45) is 5.92 Å². The van der Waals surface area contributed by atoms with Crippen molar-refractivity contribution in [3.8, 4) is 0 Å². The number of amides is 1. The van der Waals surface area contributed by atoms with Gasteiger partial charge in [-0.1, -0.05) is 0 Å². The monoisotopic (exact) mass is 241 g/mol. The third kappa shape index (κ3) is 3.94. The second kappa shape index (κ2) is 6.33. The average Bonchev–Trinajstić information content (AvgIpc) is 2.37. The van der Waals surface area contributed by atoms with Crippen molar-refractivity contribution < 1.29 is 9.53 Å². The molecule has 1 amide bonds. The first kappa shape index (κ1) is 12.8. The molecule has 2 heterocycles. The predicted molar refractivity (Wildman–Crippen MR) is 65.8 cm³/mol. The first-order chi connectivity index (χ1) is 8.25. The molecular formula is C12H23N3O2. The van der Waals surface area contributed by atoms with Gasteiger partial charge >= 0.3 is 0 Å². The van der Waals surface area contributed by atoms with Gasteiger partial charge in [-0.05, 0) is 25.8 Å². The van der Waals surface area contributed by atoms with Gasteiger partial charge in [0.15, 0.2) is 0 Å². The van der Waals surface area contributed by atoms with Gasteiger partial charge in [-0.25, -0.2) is 0 Å². The quantitative estimate of drug-likeness (QED) is 0.695.